The van der Waals surface area contributed by atoms with E-state index in [4.69, 9.17) is 0 Å². The van der Waals surface area contributed by atoms with Gasteiger partial charge in [0.2, 0.25) is 5.91 Å². The molecule has 0 aromatic heterocycles. The van der Waals surface area contributed by atoms with Crippen molar-refractivity contribution >= 4 is 5.91 Å². The first-order chi connectivity index (χ1) is 8.16. The van der Waals surface area contributed by atoms with Crippen LogP contribution < -0.4 is 10.6 Å². The van der Waals surface area contributed by atoms with Crippen LogP contribution >= 0.6 is 0 Å². The van der Waals surface area contributed by atoms with Crippen LogP contribution in [0.2, 0.25) is 0 Å². The predicted octanol–water partition coefficient (Wildman–Crippen LogP) is 1.97. The van der Waals surface area contributed by atoms with E-state index in [9.17, 15) is 4.79 Å². The minimum absolute atomic E-state index is 0.0805. The first-order valence-corrected chi connectivity index (χ1v) is 7.24. The van der Waals surface area contributed by atoms with Crippen LogP contribution in [0.3, 0.4) is 0 Å². The summed E-state index contributed by atoms with van der Waals surface area (Å²) < 4.78 is 0. The SMILES string of the molecule is CC1(NC(=O)C2CC3CCC2N3)CCCCC1. The van der Waals surface area contributed by atoms with Crippen molar-refractivity contribution in [1.82, 2.24) is 10.6 Å². The highest BCUT2D eigenvalue weighted by Crippen LogP contribution is 2.34. The summed E-state index contributed by atoms with van der Waals surface area (Å²) >= 11 is 0. The molecule has 3 unspecified atom stereocenters. The molecule has 0 aromatic carbocycles. The van der Waals surface area contributed by atoms with E-state index in [-0.39, 0.29) is 11.5 Å². The number of fused-ring (bicyclic) bond motifs is 2. The van der Waals surface area contributed by atoms with Crippen molar-refractivity contribution in [1.29, 1.82) is 0 Å². The topological polar surface area (TPSA) is 41.1 Å². The summed E-state index contributed by atoms with van der Waals surface area (Å²) in [7, 11) is 0. The Kier molecular flexibility index (Phi) is 2.89. The van der Waals surface area contributed by atoms with Crippen molar-refractivity contribution in [3.8, 4) is 0 Å². The number of carbonyl (C=O) groups is 1. The van der Waals surface area contributed by atoms with Crippen LogP contribution in [0.1, 0.15) is 58.3 Å². The monoisotopic (exact) mass is 236 g/mol. The molecule has 3 aliphatic rings. The van der Waals surface area contributed by atoms with Crippen LogP contribution in [-0.4, -0.2) is 23.5 Å². The molecule has 1 saturated carbocycles. The predicted molar refractivity (Wildman–Crippen MR) is 67.7 cm³/mol. The first-order valence-electron chi connectivity index (χ1n) is 7.24. The molecule has 2 aliphatic heterocycles. The van der Waals surface area contributed by atoms with E-state index in [0.29, 0.717) is 18.0 Å². The zero-order chi connectivity index (χ0) is 11.9. The minimum atomic E-state index is 0.0805. The fraction of sp³-hybridized carbons (Fsp3) is 0.929. The number of amides is 1. The highest BCUT2D eigenvalue weighted by atomic mass is 16.2. The third-order valence-electron chi connectivity index (χ3n) is 5.02. The quantitative estimate of drug-likeness (QED) is 0.769. The number of rotatable bonds is 2. The summed E-state index contributed by atoms with van der Waals surface area (Å²) in [6.07, 6.45) is 9.72. The molecule has 2 bridgehead atoms. The second-order valence-corrected chi connectivity index (χ2v) is 6.50. The molecular formula is C14H24N2O. The molecule has 3 fully saturated rings. The van der Waals surface area contributed by atoms with E-state index < -0.39 is 0 Å². The van der Waals surface area contributed by atoms with Crippen LogP contribution in [0.15, 0.2) is 0 Å². The van der Waals surface area contributed by atoms with Gasteiger partial charge in [-0.25, -0.2) is 0 Å². The van der Waals surface area contributed by atoms with Gasteiger partial charge in [0.1, 0.15) is 0 Å². The van der Waals surface area contributed by atoms with Crippen molar-refractivity contribution < 1.29 is 4.79 Å². The van der Waals surface area contributed by atoms with Gasteiger partial charge in [-0.3, -0.25) is 4.79 Å². The molecule has 3 heteroatoms. The van der Waals surface area contributed by atoms with Gasteiger partial charge in [-0.2, -0.15) is 0 Å². The Morgan fingerprint density at radius 3 is 2.59 bits per heavy atom. The maximum Gasteiger partial charge on any atom is 0.225 e. The largest absolute Gasteiger partial charge is 0.351 e. The van der Waals surface area contributed by atoms with Crippen molar-refractivity contribution in [3.05, 3.63) is 0 Å². The van der Waals surface area contributed by atoms with E-state index in [0.717, 1.165) is 19.3 Å². The van der Waals surface area contributed by atoms with Crippen molar-refractivity contribution in [2.75, 3.05) is 0 Å². The molecule has 1 amide bonds. The number of hydrogen-bond acceptors (Lipinski definition) is 2. The zero-order valence-corrected chi connectivity index (χ0v) is 10.8. The van der Waals surface area contributed by atoms with Crippen molar-refractivity contribution in [3.63, 3.8) is 0 Å². The molecule has 17 heavy (non-hydrogen) atoms. The molecule has 2 heterocycles. The first kappa shape index (κ1) is 11.5. The molecule has 2 N–H and O–H groups in total. The Morgan fingerprint density at radius 2 is 2.00 bits per heavy atom. The molecule has 3 rings (SSSR count). The molecule has 0 spiro atoms. The van der Waals surface area contributed by atoms with Gasteiger partial charge in [0.25, 0.3) is 0 Å². The zero-order valence-electron chi connectivity index (χ0n) is 10.8. The minimum Gasteiger partial charge on any atom is -0.351 e. The average molecular weight is 236 g/mol. The van der Waals surface area contributed by atoms with Gasteiger partial charge in [0.05, 0.1) is 5.92 Å². The van der Waals surface area contributed by atoms with Gasteiger partial charge in [0, 0.05) is 17.6 Å². The molecule has 2 saturated heterocycles. The molecule has 3 nitrogen and oxygen atoms in total. The summed E-state index contributed by atoms with van der Waals surface area (Å²) in [5.41, 5.74) is 0.0805. The number of carbonyl (C=O) groups excluding carboxylic acids is 1. The van der Waals surface area contributed by atoms with Gasteiger partial charge >= 0.3 is 0 Å². The Hall–Kier alpha value is -0.570. The van der Waals surface area contributed by atoms with Gasteiger partial charge in [-0.15, -0.1) is 0 Å². The summed E-state index contributed by atoms with van der Waals surface area (Å²) in [6, 6.07) is 1.09. The molecule has 0 aromatic rings. The van der Waals surface area contributed by atoms with Crippen molar-refractivity contribution in [2.24, 2.45) is 5.92 Å². The van der Waals surface area contributed by atoms with E-state index in [2.05, 4.69) is 17.6 Å². The molecule has 3 atom stereocenters. The number of hydrogen-bond donors (Lipinski definition) is 2. The van der Waals surface area contributed by atoms with Crippen LogP contribution in [-0.2, 0) is 4.79 Å². The standard InChI is InChI=1S/C14H24N2O/c1-14(7-3-2-4-8-14)16-13(17)11-9-10-5-6-12(11)15-10/h10-12,15H,2-9H2,1H3,(H,16,17). The third kappa shape index (κ3) is 2.22. The Labute approximate surface area is 104 Å². The maximum atomic E-state index is 12.4. The summed E-state index contributed by atoms with van der Waals surface area (Å²) in [5.74, 6) is 0.557. The van der Waals surface area contributed by atoms with Crippen LogP contribution in [0.25, 0.3) is 0 Å². The van der Waals surface area contributed by atoms with Crippen LogP contribution in [0.5, 0.6) is 0 Å². The molecule has 1 aliphatic carbocycles. The van der Waals surface area contributed by atoms with E-state index >= 15 is 0 Å². The second kappa shape index (κ2) is 4.27. The Bertz CT molecular complexity index is 309. The fourth-order valence-corrected chi connectivity index (χ4v) is 3.96. The molecular weight excluding hydrogens is 212 g/mol. The van der Waals surface area contributed by atoms with Gasteiger partial charge < -0.3 is 10.6 Å². The second-order valence-electron chi connectivity index (χ2n) is 6.50. The van der Waals surface area contributed by atoms with Gasteiger partial charge in [-0.1, -0.05) is 19.3 Å². The van der Waals surface area contributed by atoms with Gasteiger partial charge in [-0.05, 0) is 39.0 Å². The Morgan fingerprint density at radius 1 is 1.24 bits per heavy atom. The van der Waals surface area contributed by atoms with Crippen LogP contribution in [0, 0.1) is 5.92 Å². The highest BCUT2D eigenvalue weighted by Gasteiger charge is 2.44. The lowest BCUT2D eigenvalue weighted by Crippen LogP contribution is -2.51. The van der Waals surface area contributed by atoms with E-state index in [1.807, 2.05) is 0 Å². The highest BCUT2D eigenvalue weighted by molar-refractivity contribution is 5.80. The smallest absolute Gasteiger partial charge is 0.225 e. The summed E-state index contributed by atoms with van der Waals surface area (Å²) in [5, 5.41) is 6.89. The molecule has 0 radical (unpaired) electrons. The molecule has 96 valence electrons. The van der Waals surface area contributed by atoms with Gasteiger partial charge in [0.15, 0.2) is 0 Å². The maximum absolute atomic E-state index is 12.4. The third-order valence-corrected chi connectivity index (χ3v) is 5.02. The normalized spacial score (nSPS) is 39.2. The Balaban J connectivity index is 1.59. The van der Waals surface area contributed by atoms with Crippen LogP contribution in [0.4, 0.5) is 0 Å². The summed E-state index contributed by atoms with van der Waals surface area (Å²) in [4.78, 5) is 12.4. The fourth-order valence-electron chi connectivity index (χ4n) is 3.96. The average Bonchev–Trinajstić information content (AvgIpc) is 2.91. The lowest BCUT2D eigenvalue weighted by atomic mass is 9.82. The van der Waals surface area contributed by atoms with Crippen molar-refractivity contribution in [2.45, 2.75) is 75.9 Å². The lowest BCUT2D eigenvalue weighted by molar-refractivity contribution is -0.127. The van der Waals surface area contributed by atoms with E-state index in [1.165, 1.54) is 32.1 Å². The summed E-state index contributed by atoms with van der Waals surface area (Å²) in [6.45, 7) is 2.23. The lowest BCUT2D eigenvalue weighted by Gasteiger charge is -2.36. The number of nitrogens with one attached hydrogen (secondary N) is 2. The van der Waals surface area contributed by atoms with E-state index in [1.54, 1.807) is 0 Å².